The van der Waals surface area contributed by atoms with E-state index in [0.717, 1.165) is 11.6 Å². The van der Waals surface area contributed by atoms with E-state index in [9.17, 15) is 13.2 Å². The van der Waals surface area contributed by atoms with E-state index in [-0.39, 0.29) is 11.6 Å². The minimum absolute atomic E-state index is 0.287. The predicted molar refractivity (Wildman–Crippen MR) is 67.3 cm³/mol. The van der Waals surface area contributed by atoms with Gasteiger partial charge in [0, 0.05) is 6.04 Å². The molecular weight excluding hydrogens is 239 g/mol. The fraction of sp³-hybridized carbons (Fsp3) is 0.429. The summed E-state index contributed by atoms with van der Waals surface area (Å²) in [5.74, 6) is 0. The SMILES string of the molecule is C=C(C)CC(NCC)c1ccccc1C(F)(F)F. The van der Waals surface area contributed by atoms with Crippen LogP contribution >= 0.6 is 0 Å². The molecule has 0 aromatic heterocycles. The molecule has 0 saturated heterocycles. The summed E-state index contributed by atoms with van der Waals surface area (Å²) in [7, 11) is 0. The van der Waals surface area contributed by atoms with Crippen molar-refractivity contribution in [2.24, 2.45) is 0 Å². The number of alkyl halides is 3. The van der Waals surface area contributed by atoms with Gasteiger partial charge in [-0.15, -0.1) is 6.58 Å². The minimum Gasteiger partial charge on any atom is -0.310 e. The summed E-state index contributed by atoms with van der Waals surface area (Å²) >= 11 is 0. The molecule has 0 bridgehead atoms. The third-order valence-electron chi connectivity index (χ3n) is 2.64. The molecule has 100 valence electrons. The van der Waals surface area contributed by atoms with Gasteiger partial charge in [0.1, 0.15) is 0 Å². The molecule has 0 spiro atoms. The quantitative estimate of drug-likeness (QED) is 0.774. The van der Waals surface area contributed by atoms with Gasteiger partial charge in [0.15, 0.2) is 0 Å². The molecule has 0 aliphatic heterocycles. The summed E-state index contributed by atoms with van der Waals surface area (Å²) in [6.45, 7) is 8.09. The Labute approximate surface area is 106 Å². The zero-order valence-corrected chi connectivity index (χ0v) is 10.6. The predicted octanol–water partition coefficient (Wildman–Crippen LogP) is 4.32. The Morgan fingerprint density at radius 1 is 1.33 bits per heavy atom. The molecule has 1 rings (SSSR count). The Hall–Kier alpha value is -1.29. The molecule has 1 unspecified atom stereocenters. The van der Waals surface area contributed by atoms with Crippen molar-refractivity contribution in [3.8, 4) is 0 Å². The first-order valence-corrected chi connectivity index (χ1v) is 5.90. The molecule has 0 fully saturated rings. The summed E-state index contributed by atoms with van der Waals surface area (Å²) in [5.41, 5.74) is 0.574. The van der Waals surface area contributed by atoms with Gasteiger partial charge in [0.2, 0.25) is 0 Å². The number of rotatable bonds is 5. The normalized spacial score (nSPS) is 13.4. The number of halogens is 3. The van der Waals surface area contributed by atoms with Gasteiger partial charge in [-0.2, -0.15) is 13.2 Å². The molecule has 1 aromatic carbocycles. The number of hydrogen-bond acceptors (Lipinski definition) is 1. The second kappa shape index (κ2) is 6.05. The Bertz CT molecular complexity index is 410. The van der Waals surface area contributed by atoms with Crippen molar-refractivity contribution in [2.45, 2.75) is 32.5 Å². The molecule has 0 heterocycles. The lowest BCUT2D eigenvalue weighted by molar-refractivity contribution is -0.138. The summed E-state index contributed by atoms with van der Waals surface area (Å²) in [6.07, 6.45) is -3.82. The molecule has 1 nitrogen and oxygen atoms in total. The molecule has 0 saturated carbocycles. The van der Waals surface area contributed by atoms with Crippen LogP contribution in [-0.2, 0) is 6.18 Å². The number of nitrogens with one attached hydrogen (secondary N) is 1. The average molecular weight is 257 g/mol. The summed E-state index contributed by atoms with van der Waals surface area (Å²) in [6, 6.07) is 5.35. The molecule has 18 heavy (non-hydrogen) atoms. The van der Waals surface area contributed by atoms with Gasteiger partial charge >= 0.3 is 6.18 Å². The highest BCUT2D eigenvalue weighted by molar-refractivity contribution is 5.33. The Kier molecular flexibility index (Phi) is 4.96. The average Bonchev–Trinajstić information content (AvgIpc) is 2.27. The molecule has 1 atom stereocenters. The van der Waals surface area contributed by atoms with Gasteiger partial charge in [0.05, 0.1) is 5.56 Å². The number of benzene rings is 1. The molecule has 4 heteroatoms. The third kappa shape index (κ3) is 3.88. The third-order valence-corrected chi connectivity index (χ3v) is 2.64. The topological polar surface area (TPSA) is 12.0 Å². The maximum Gasteiger partial charge on any atom is 0.416 e. The van der Waals surface area contributed by atoms with E-state index in [4.69, 9.17) is 0 Å². The first-order valence-electron chi connectivity index (χ1n) is 5.90. The van der Waals surface area contributed by atoms with Crippen LogP contribution in [0.4, 0.5) is 13.2 Å². The van der Waals surface area contributed by atoms with E-state index in [0.29, 0.717) is 13.0 Å². The Morgan fingerprint density at radius 3 is 2.44 bits per heavy atom. The lowest BCUT2D eigenvalue weighted by atomic mass is 9.95. The maximum atomic E-state index is 12.9. The van der Waals surface area contributed by atoms with Gasteiger partial charge in [0.25, 0.3) is 0 Å². The molecule has 1 aromatic rings. The largest absolute Gasteiger partial charge is 0.416 e. The lowest BCUT2D eigenvalue weighted by Gasteiger charge is -2.22. The first-order chi connectivity index (χ1) is 8.36. The fourth-order valence-corrected chi connectivity index (χ4v) is 1.95. The molecule has 0 aliphatic carbocycles. The van der Waals surface area contributed by atoms with Crippen LogP contribution in [0.5, 0.6) is 0 Å². The van der Waals surface area contributed by atoms with Crippen LogP contribution in [0.25, 0.3) is 0 Å². The van der Waals surface area contributed by atoms with Crippen LogP contribution in [0.1, 0.15) is 37.4 Å². The van der Waals surface area contributed by atoms with Crippen LogP contribution in [0, 0.1) is 0 Å². The van der Waals surface area contributed by atoms with Crippen LogP contribution in [0.3, 0.4) is 0 Å². The van der Waals surface area contributed by atoms with E-state index in [1.165, 1.54) is 12.1 Å². The molecule has 0 amide bonds. The second-order valence-electron chi connectivity index (χ2n) is 4.36. The highest BCUT2D eigenvalue weighted by Crippen LogP contribution is 2.35. The summed E-state index contributed by atoms with van der Waals surface area (Å²) in [5, 5.41) is 3.08. The second-order valence-corrected chi connectivity index (χ2v) is 4.36. The molecule has 1 N–H and O–H groups in total. The summed E-state index contributed by atoms with van der Waals surface area (Å²) < 4.78 is 38.8. The lowest BCUT2D eigenvalue weighted by Crippen LogP contribution is -2.24. The van der Waals surface area contributed by atoms with Crippen molar-refractivity contribution in [3.63, 3.8) is 0 Å². The fourth-order valence-electron chi connectivity index (χ4n) is 1.95. The van der Waals surface area contributed by atoms with Crippen LogP contribution < -0.4 is 5.32 Å². The first kappa shape index (κ1) is 14.8. The van der Waals surface area contributed by atoms with Crippen molar-refractivity contribution >= 4 is 0 Å². The van der Waals surface area contributed by atoms with Gasteiger partial charge in [-0.25, -0.2) is 0 Å². The van der Waals surface area contributed by atoms with Crippen LogP contribution in [0.2, 0.25) is 0 Å². The molecular formula is C14H18F3N. The van der Waals surface area contributed by atoms with Crippen molar-refractivity contribution in [1.82, 2.24) is 5.32 Å². The zero-order chi connectivity index (χ0) is 13.8. The molecule has 0 radical (unpaired) electrons. The van der Waals surface area contributed by atoms with Crippen molar-refractivity contribution < 1.29 is 13.2 Å². The van der Waals surface area contributed by atoms with E-state index in [1.807, 2.05) is 13.8 Å². The van der Waals surface area contributed by atoms with Crippen molar-refractivity contribution in [1.29, 1.82) is 0 Å². The smallest absolute Gasteiger partial charge is 0.310 e. The highest BCUT2D eigenvalue weighted by Gasteiger charge is 2.34. The highest BCUT2D eigenvalue weighted by atomic mass is 19.4. The Morgan fingerprint density at radius 2 is 1.94 bits per heavy atom. The van der Waals surface area contributed by atoms with Crippen molar-refractivity contribution in [2.75, 3.05) is 6.54 Å². The maximum absolute atomic E-state index is 12.9. The van der Waals surface area contributed by atoms with Crippen molar-refractivity contribution in [3.05, 3.63) is 47.5 Å². The Balaban J connectivity index is 3.15. The minimum atomic E-state index is -4.32. The van der Waals surface area contributed by atoms with Gasteiger partial charge in [-0.3, -0.25) is 0 Å². The van der Waals surface area contributed by atoms with Crippen LogP contribution in [0.15, 0.2) is 36.4 Å². The molecule has 0 aliphatic rings. The zero-order valence-electron chi connectivity index (χ0n) is 10.6. The van der Waals surface area contributed by atoms with Crippen LogP contribution in [-0.4, -0.2) is 6.54 Å². The van der Waals surface area contributed by atoms with E-state index < -0.39 is 11.7 Å². The monoisotopic (exact) mass is 257 g/mol. The van der Waals surface area contributed by atoms with Gasteiger partial charge in [-0.05, 0) is 31.5 Å². The van der Waals surface area contributed by atoms with E-state index >= 15 is 0 Å². The van der Waals surface area contributed by atoms with Gasteiger partial charge in [-0.1, -0.05) is 30.7 Å². The number of hydrogen-bond donors (Lipinski definition) is 1. The standard InChI is InChI=1S/C14H18F3N/c1-4-18-13(9-10(2)3)11-7-5-6-8-12(11)14(15,16)17/h5-8,13,18H,2,4,9H2,1,3H3. The van der Waals surface area contributed by atoms with E-state index in [2.05, 4.69) is 11.9 Å². The van der Waals surface area contributed by atoms with E-state index in [1.54, 1.807) is 6.07 Å². The van der Waals surface area contributed by atoms with Gasteiger partial charge < -0.3 is 5.32 Å². The summed E-state index contributed by atoms with van der Waals surface area (Å²) in [4.78, 5) is 0.